The fourth-order valence-corrected chi connectivity index (χ4v) is 4.13. The molecule has 1 fully saturated rings. The molecule has 1 N–H and O–H groups in total. The number of benzene rings is 2. The third-order valence-electron chi connectivity index (χ3n) is 5.21. The third-order valence-corrected chi connectivity index (χ3v) is 6.30. The highest BCUT2D eigenvalue weighted by Gasteiger charge is 2.39. The van der Waals surface area contributed by atoms with Crippen LogP contribution in [0.3, 0.4) is 0 Å². The topological polar surface area (TPSA) is 69.7 Å². The number of amides is 3. The number of carbonyl (C=O) groups excluding carboxylic acids is 3. The highest BCUT2D eigenvalue weighted by Crippen LogP contribution is 2.33. The first kappa shape index (κ1) is 21.7. The van der Waals surface area contributed by atoms with Crippen molar-refractivity contribution in [1.29, 1.82) is 0 Å². The Labute approximate surface area is 194 Å². The summed E-state index contributed by atoms with van der Waals surface area (Å²) in [5.74, 6) is -1.36. The number of nitrogens with zero attached hydrogens (tertiary/aromatic N) is 2. The van der Waals surface area contributed by atoms with E-state index in [0.717, 1.165) is 37.3 Å². The molecule has 31 heavy (non-hydrogen) atoms. The molecule has 2 aromatic carbocycles. The number of hydrogen-bond donors (Lipinski definition) is 1. The highest BCUT2D eigenvalue weighted by molar-refractivity contribution is 6.53. The number of nitrogens with one attached hydrogen (secondary N) is 1. The fourth-order valence-electron chi connectivity index (χ4n) is 3.62. The molecule has 160 valence electrons. The Morgan fingerprint density at radius 2 is 1.61 bits per heavy atom. The molecule has 2 aliphatic heterocycles. The number of likely N-dealkylation sites (tertiary alicyclic amines) is 1. The number of imide groups is 1. The predicted molar refractivity (Wildman–Crippen MR) is 122 cm³/mol. The first-order valence-corrected chi connectivity index (χ1v) is 10.9. The lowest BCUT2D eigenvalue weighted by Gasteiger charge is -2.26. The monoisotopic (exact) mass is 477 g/mol. The van der Waals surface area contributed by atoms with E-state index < -0.39 is 11.8 Å². The van der Waals surface area contributed by atoms with E-state index in [9.17, 15) is 14.4 Å². The molecule has 1 saturated heterocycles. The maximum atomic E-state index is 12.9. The summed E-state index contributed by atoms with van der Waals surface area (Å²) in [5, 5.41) is 3.17. The van der Waals surface area contributed by atoms with Crippen molar-refractivity contribution in [2.45, 2.75) is 19.3 Å². The van der Waals surface area contributed by atoms with Crippen LogP contribution in [-0.4, -0.2) is 35.7 Å². The van der Waals surface area contributed by atoms with Crippen molar-refractivity contribution in [2.75, 3.05) is 23.3 Å². The number of piperidine rings is 1. The van der Waals surface area contributed by atoms with Crippen molar-refractivity contribution in [2.24, 2.45) is 0 Å². The fraction of sp³-hybridized carbons (Fsp3) is 0.227. The summed E-state index contributed by atoms with van der Waals surface area (Å²) in [5.41, 5.74) is 1.17. The number of anilines is 2. The van der Waals surface area contributed by atoms with Gasteiger partial charge in [0.2, 0.25) is 0 Å². The zero-order valence-electron chi connectivity index (χ0n) is 16.3. The van der Waals surface area contributed by atoms with Crippen LogP contribution in [0.4, 0.5) is 11.4 Å². The van der Waals surface area contributed by atoms with Gasteiger partial charge < -0.3 is 10.2 Å². The third kappa shape index (κ3) is 4.28. The summed E-state index contributed by atoms with van der Waals surface area (Å²) < 4.78 is 0. The summed E-state index contributed by atoms with van der Waals surface area (Å²) in [6.07, 6.45) is 3.12. The zero-order valence-corrected chi connectivity index (χ0v) is 18.6. The van der Waals surface area contributed by atoms with Gasteiger partial charge in [0.25, 0.3) is 17.7 Å². The van der Waals surface area contributed by atoms with Gasteiger partial charge in [-0.3, -0.25) is 14.4 Å². The first-order valence-electron chi connectivity index (χ1n) is 9.77. The van der Waals surface area contributed by atoms with Crippen LogP contribution >= 0.6 is 34.8 Å². The van der Waals surface area contributed by atoms with Crippen LogP contribution in [0, 0.1) is 0 Å². The Balaban J connectivity index is 1.56. The van der Waals surface area contributed by atoms with Crippen LogP contribution in [-0.2, 0) is 9.59 Å². The summed E-state index contributed by atoms with van der Waals surface area (Å²) in [7, 11) is 0. The van der Waals surface area contributed by atoms with Gasteiger partial charge in [0, 0.05) is 24.3 Å². The Bertz CT molecular complexity index is 1110. The van der Waals surface area contributed by atoms with Gasteiger partial charge in [0.1, 0.15) is 10.7 Å². The normalized spacial score (nSPS) is 16.9. The Kier molecular flexibility index (Phi) is 6.23. The van der Waals surface area contributed by atoms with Crippen LogP contribution in [0.15, 0.2) is 53.2 Å². The van der Waals surface area contributed by atoms with Crippen molar-refractivity contribution >= 4 is 63.9 Å². The van der Waals surface area contributed by atoms with Crippen LogP contribution < -0.4 is 10.2 Å². The van der Waals surface area contributed by atoms with E-state index in [1.54, 1.807) is 24.3 Å². The average Bonchev–Trinajstić information content (AvgIpc) is 2.99. The largest absolute Gasteiger partial charge is 0.350 e. The smallest absolute Gasteiger partial charge is 0.283 e. The lowest BCUT2D eigenvalue weighted by molar-refractivity contribution is -0.120. The van der Waals surface area contributed by atoms with Gasteiger partial charge in [0.15, 0.2) is 0 Å². The van der Waals surface area contributed by atoms with E-state index in [-0.39, 0.29) is 27.3 Å². The van der Waals surface area contributed by atoms with Gasteiger partial charge >= 0.3 is 0 Å². The van der Waals surface area contributed by atoms with Crippen molar-refractivity contribution in [3.05, 3.63) is 68.8 Å². The Morgan fingerprint density at radius 1 is 0.871 bits per heavy atom. The molecule has 0 aromatic heterocycles. The van der Waals surface area contributed by atoms with E-state index in [2.05, 4.69) is 5.32 Å². The van der Waals surface area contributed by atoms with E-state index >= 15 is 0 Å². The van der Waals surface area contributed by atoms with Gasteiger partial charge in [-0.1, -0.05) is 40.9 Å². The molecule has 0 atom stereocenters. The minimum absolute atomic E-state index is 0.0605. The second kappa shape index (κ2) is 8.91. The Hall–Kier alpha value is -2.54. The minimum Gasteiger partial charge on any atom is -0.350 e. The number of halogens is 3. The van der Waals surface area contributed by atoms with Gasteiger partial charge in [-0.15, -0.1) is 0 Å². The van der Waals surface area contributed by atoms with Crippen LogP contribution in [0.1, 0.15) is 29.6 Å². The molecule has 0 spiro atoms. The molecule has 3 amide bonds. The number of rotatable bonds is 4. The summed E-state index contributed by atoms with van der Waals surface area (Å²) in [6, 6.07) is 11.2. The summed E-state index contributed by atoms with van der Waals surface area (Å²) in [6.45, 7) is 1.47. The molecule has 0 radical (unpaired) electrons. The molecule has 2 heterocycles. The van der Waals surface area contributed by atoms with Crippen LogP contribution in [0.5, 0.6) is 0 Å². The number of carbonyl (C=O) groups is 3. The molecule has 2 aromatic rings. The van der Waals surface area contributed by atoms with Crippen molar-refractivity contribution in [1.82, 2.24) is 4.90 Å². The zero-order chi connectivity index (χ0) is 22.1. The maximum Gasteiger partial charge on any atom is 0.283 e. The van der Waals surface area contributed by atoms with E-state index in [1.165, 1.54) is 18.2 Å². The van der Waals surface area contributed by atoms with Gasteiger partial charge in [-0.05, 0) is 55.7 Å². The van der Waals surface area contributed by atoms with Crippen molar-refractivity contribution < 1.29 is 14.4 Å². The highest BCUT2D eigenvalue weighted by atomic mass is 35.5. The first-order chi connectivity index (χ1) is 14.9. The molecule has 0 unspecified atom stereocenters. The van der Waals surface area contributed by atoms with Gasteiger partial charge in [-0.2, -0.15) is 0 Å². The molecule has 9 heteroatoms. The number of hydrogen-bond acceptors (Lipinski definition) is 4. The van der Waals surface area contributed by atoms with Crippen molar-refractivity contribution in [3.8, 4) is 0 Å². The maximum absolute atomic E-state index is 12.9. The summed E-state index contributed by atoms with van der Waals surface area (Å²) >= 11 is 18.1. The van der Waals surface area contributed by atoms with Gasteiger partial charge in [-0.25, -0.2) is 4.90 Å². The second-order valence-corrected chi connectivity index (χ2v) is 8.48. The molecular formula is C22H18Cl3N3O3. The van der Waals surface area contributed by atoms with Crippen LogP contribution in [0.25, 0.3) is 0 Å². The molecule has 6 nitrogen and oxygen atoms in total. The molecule has 2 aliphatic rings. The second-order valence-electron chi connectivity index (χ2n) is 7.29. The predicted octanol–water partition coefficient (Wildman–Crippen LogP) is 5.06. The summed E-state index contributed by atoms with van der Waals surface area (Å²) in [4.78, 5) is 41.1. The molecule has 0 bridgehead atoms. The molecule has 0 saturated carbocycles. The minimum atomic E-state index is -0.673. The van der Waals surface area contributed by atoms with Crippen molar-refractivity contribution in [3.63, 3.8) is 0 Å². The lowest BCUT2D eigenvalue weighted by Crippen LogP contribution is -2.35. The lowest BCUT2D eigenvalue weighted by atomic mass is 10.1. The SMILES string of the molecule is O=C(c1cccc(NC2=C(Cl)C(=O)N(c3ccc(Cl)c(Cl)c3)C2=O)c1)N1CCCCC1. The average molecular weight is 479 g/mol. The van der Waals surface area contributed by atoms with Crippen LogP contribution in [0.2, 0.25) is 10.0 Å². The molecule has 0 aliphatic carbocycles. The van der Waals surface area contributed by atoms with Gasteiger partial charge in [0.05, 0.1) is 15.7 Å². The quantitative estimate of drug-likeness (QED) is 0.624. The van der Waals surface area contributed by atoms with E-state index in [0.29, 0.717) is 16.3 Å². The van der Waals surface area contributed by atoms with E-state index in [4.69, 9.17) is 34.8 Å². The molecule has 4 rings (SSSR count). The Morgan fingerprint density at radius 3 is 2.32 bits per heavy atom. The standard InChI is InChI=1S/C22H18Cl3N3O3/c23-16-8-7-15(12-17(16)24)28-21(30)18(25)19(22(28)31)26-14-6-4-5-13(11-14)20(29)27-9-2-1-3-10-27/h4-8,11-12,26H,1-3,9-10H2. The van der Waals surface area contributed by atoms with E-state index in [1.807, 2.05) is 4.90 Å². The molecular weight excluding hydrogens is 461 g/mol.